The van der Waals surface area contributed by atoms with E-state index in [9.17, 15) is 24.9 Å². The van der Waals surface area contributed by atoms with E-state index in [1.54, 1.807) is 6.07 Å². The van der Waals surface area contributed by atoms with Crippen LogP contribution in [-0.4, -0.2) is 52.8 Å². The predicted molar refractivity (Wildman–Crippen MR) is 138 cm³/mol. The van der Waals surface area contributed by atoms with Crippen molar-refractivity contribution in [2.24, 2.45) is 4.99 Å². The Morgan fingerprint density at radius 3 is 2.69 bits per heavy atom. The molecule has 0 aliphatic carbocycles. The molecule has 1 atom stereocenters. The largest absolute Gasteiger partial charge is 0.508 e. The Morgan fingerprint density at radius 2 is 2.00 bits per heavy atom. The summed E-state index contributed by atoms with van der Waals surface area (Å²) in [4.78, 5) is 28.3. The summed E-state index contributed by atoms with van der Waals surface area (Å²) < 4.78 is 0.277. The molecule has 12 heteroatoms. The normalized spacial score (nSPS) is 13.7. The van der Waals surface area contributed by atoms with Gasteiger partial charge in [0.2, 0.25) is 5.91 Å². The standard InChI is InChI=1S/C23H25BrClN5O5/c1-12(13-5-15(9-16(31)6-13)29-23-26-3-2-4-27-23)28-11-20(32)30-19(10-21(33)34)17-7-14(25)8-18(24)22(17)35/h5-9,19,28,31,35H,1-4,10-11H2,(H,30,32)(H,33,34)(H2,26,27,29)/t19-/m1/s1. The van der Waals surface area contributed by atoms with Gasteiger partial charge in [0.1, 0.15) is 11.5 Å². The van der Waals surface area contributed by atoms with Gasteiger partial charge in [-0.25, -0.2) is 0 Å². The molecule has 10 nitrogen and oxygen atoms in total. The molecule has 0 radical (unpaired) electrons. The fourth-order valence-electron chi connectivity index (χ4n) is 3.41. The first kappa shape index (κ1) is 26.2. The highest BCUT2D eigenvalue weighted by molar-refractivity contribution is 9.10. The number of carbonyl (C=O) groups excluding carboxylic acids is 1. The Bertz CT molecular complexity index is 1170. The van der Waals surface area contributed by atoms with Gasteiger partial charge in [-0.05, 0) is 46.6 Å². The van der Waals surface area contributed by atoms with Crippen LogP contribution in [0.25, 0.3) is 5.70 Å². The zero-order chi connectivity index (χ0) is 25.5. The van der Waals surface area contributed by atoms with Gasteiger partial charge in [0.15, 0.2) is 5.96 Å². The lowest BCUT2D eigenvalue weighted by Crippen LogP contribution is -2.36. The number of amides is 1. The molecule has 2 aromatic carbocycles. The number of phenols is 2. The number of aliphatic carboxylic acids is 1. The summed E-state index contributed by atoms with van der Waals surface area (Å²) in [6.07, 6.45) is 0.479. The van der Waals surface area contributed by atoms with E-state index in [2.05, 4.69) is 48.8 Å². The third-order valence-corrected chi connectivity index (χ3v) is 5.86. The SMILES string of the molecule is C=C(NCC(=O)N[C@H](CC(=O)O)c1cc(Cl)cc(Br)c1O)c1cc(O)cc(NC2=NCCCN2)c1. The first-order chi connectivity index (χ1) is 16.6. The van der Waals surface area contributed by atoms with Crippen molar-refractivity contribution in [2.45, 2.75) is 18.9 Å². The smallest absolute Gasteiger partial charge is 0.305 e. The number of hydrogen-bond acceptors (Lipinski definition) is 8. The fraction of sp³-hybridized carbons (Fsp3) is 0.261. The number of aliphatic imine (C=N–C) groups is 1. The van der Waals surface area contributed by atoms with E-state index in [4.69, 9.17) is 11.6 Å². The molecule has 1 amide bonds. The number of aromatic hydroxyl groups is 2. The van der Waals surface area contributed by atoms with Gasteiger partial charge < -0.3 is 36.6 Å². The number of halogens is 2. The molecule has 0 spiro atoms. The highest BCUT2D eigenvalue weighted by atomic mass is 79.9. The molecular formula is C23H25BrClN5O5. The molecule has 0 bridgehead atoms. The molecule has 0 aromatic heterocycles. The van der Waals surface area contributed by atoms with Crippen LogP contribution in [0, 0.1) is 0 Å². The van der Waals surface area contributed by atoms with Gasteiger partial charge in [-0.15, -0.1) is 0 Å². The van der Waals surface area contributed by atoms with E-state index in [-0.39, 0.29) is 33.1 Å². The number of nitrogens with one attached hydrogen (secondary N) is 4. The van der Waals surface area contributed by atoms with Crippen LogP contribution in [0.5, 0.6) is 11.5 Å². The van der Waals surface area contributed by atoms with Crippen LogP contribution in [0.4, 0.5) is 5.69 Å². The Balaban J connectivity index is 1.66. The maximum Gasteiger partial charge on any atom is 0.305 e. The number of guanidine groups is 1. The van der Waals surface area contributed by atoms with Crippen LogP contribution >= 0.6 is 27.5 Å². The van der Waals surface area contributed by atoms with Crippen molar-refractivity contribution in [3.05, 3.63) is 57.5 Å². The molecule has 186 valence electrons. The summed E-state index contributed by atoms with van der Waals surface area (Å²) in [5, 5.41) is 41.7. The number of nitrogens with zero attached hydrogens (tertiary/aromatic N) is 1. The van der Waals surface area contributed by atoms with Crippen molar-refractivity contribution >= 4 is 56.8 Å². The Labute approximate surface area is 215 Å². The van der Waals surface area contributed by atoms with Crippen LogP contribution in [0.3, 0.4) is 0 Å². The number of phenolic OH excluding ortho intramolecular Hbond substituents is 2. The molecule has 3 rings (SSSR count). The molecule has 0 fully saturated rings. The van der Waals surface area contributed by atoms with Crippen LogP contribution in [0.2, 0.25) is 5.02 Å². The monoisotopic (exact) mass is 565 g/mol. The van der Waals surface area contributed by atoms with Gasteiger partial charge in [-0.1, -0.05) is 18.2 Å². The Kier molecular flexibility index (Phi) is 8.83. The first-order valence-corrected chi connectivity index (χ1v) is 11.8. The molecule has 0 unspecified atom stereocenters. The van der Waals surface area contributed by atoms with Gasteiger partial charge >= 0.3 is 5.97 Å². The first-order valence-electron chi connectivity index (χ1n) is 10.6. The number of rotatable bonds is 9. The van der Waals surface area contributed by atoms with Crippen molar-refractivity contribution in [3.8, 4) is 11.5 Å². The quantitative estimate of drug-likeness (QED) is 0.244. The topological polar surface area (TPSA) is 155 Å². The summed E-state index contributed by atoms with van der Waals surface area (Å²) in [5.74, 6) is -1.31. The summed E-state index contributed by atoms with van der Waals surface area (Å²) in [6.45, 7) is 5.19. The van der Waals surface area contributed by atoms with Crippen molar-refractivity contribution in [3.63, 3.8) is 0 Å². The lowest BCUT2D eigenvalue weighted by atomic mass is 10.0. The van der Waals surface area contributed by atoms with E-state index >= 15 is 0 Å². The lowest BCUT2D eigenvalue weighted by molar-refractivity contribution is -0.137. The number of benzene rings is 2. The lowest BCUT2D eigenvalue weighted by Gasteiger charge is -2.20. The van der Waals surface area contributed by atoms with Gasteiger partial charge in [-0.2, -0.15) is 0 Å². The number of carbonyl (C=O) groups is 2. The van der Waals surface area contributed by atoms with E-state index in [0.29, 0.717) is 29.5 Å². The highest BCUT2D eigenvalue weighted by Crippen LogP contribution is 2.36. The summed E-state index contributed by atoms with van der Waals surface area (Å²) in [6, 6.07) is 6.60. The van der Waals surface area contributed by atoms with Gasteiger partial charge in [0, 0.05) is 46.7 Å². The second-order valence-electron chi connectivity index (χ2n) is 7.78. The predicted octanol–water partition coefficient (Wildman–Crippen LogP) is 3.17. The minimum absolute atomic E-state index is 0.00246. The third-order valence-electron chi connectivity index (χ3n) is 5.04. The van der Waals surface area contributed by atoms with E-state index in [1.165, 1.54) is 24.3 Å². The second-order valence-corrected chi connectivity index (χ2v) is 9.07. The molecule has 7 N–H and O–H groups in total. The maximum absolute atomic E-state index is 12.6. The number of hydrogen-bond donors (Lipinski definition) is 7. The maximum atomic E-state index is 12.6. The van der Waals surface area contributed by atoms with E-state index < -0.39 is 24.3 Å². The van der Waals surface area contributed by atoms with Crippen LogP contribution in [0.1, 0.15) is 30.0 Å². The average Bonchev–Trinajstić information content (AvgIpc) is 2.79. The molecule has 1 heterocycles. The van der Waals surface area contributed by atoms with Crippen LogP contribution in [0.15, 0.2) is 46.4 Å². The zero-order valence-corrected chi connectivity index (χ0v) is 20.9. The zero-order valence-electron chi connectivity index (χ0n) is 18.6. The molecule has 1 aliphatic heterocycles. The molecule has 35 heavy (non-hydrogen) atoms. The molecule has 0 saturated carbocycles. The number of carboxylic acid groups (broad SMARTS) is 1. The van der Waals surface area contributed by atoms with Crippen molar-refractivity contribution in [1.82, 2.24) is 16.0 Å². The van der Waals surface area contributed by atoms with Crippen molar-refractivity contribution in [2.75, 3.05) is 25.0 Å². The Morgan fingerprint density at radius 1 is 1.23 bits per heavy atom. The van der Waals surface area contributed by atoms with Gasteiger partial charge in [-0.3, -0.25) is 14.6 Å². The van der Waals surface area contributed by atoms with Crippen LogP contribution in [-0.2, 0) is 9.59 Å². The van der Waals surface area contributed by atoms with Crippen molar-refractivity contribution < 1.29 is 24.9 Å². The summed E-state index contributed by atoms with van der Waals surface area (Å²) in [5.41, 5.74) is 1.65. The third kappa shape index (κ3) is 7.52. The molecule has 2 aromatic rings. The summed E-state index contributed by atoms with van der Waals surface area (Å²) in [7, 11) is 0. The van der Waals surface area contributed by atoms with Gasteiger partial charge in [0.25, 0.3) is 0 Å². The van der Waals surface area contributed by atoms with Gasteiger partial charge in [0.05, 0.1) is 23.5 Å². The number of anilines is 1. The molecule has 0 saturated heterocycles. The van der Waals surface area contributed by atoms with E-state index in [1.807, 2.05) is 0 Å². The van der Waals surface area contributed by atoms with Crippen LogP contribution < -0.4 is 21.3 Å². The summed E-state index contributed by atoms with van der Waals surface area (Å²) >= 11 is 9.20. The second kappa shape index (κ2) is 11.8. The molecular weight excluding hydrogens is 542 g/mol. The molecule has 1 aliphatic rings. The fourth-order valence-corrected chi connectivity index (χ4v) is 4.24. The minimum atomic E-state index is -1.17. The minimum Gasteiger partial charge on any atom is -0.508 e. The Hall–Kier alpha value is -3.44. The van der Waals surface area contributed by atoms with E-state index in [0.717, 1.165) is 13.0 Å². The van der Waals surface area contributed by atoms with Crippen molar-refractivity contribution in [1.29, 1.82) is 0 Å². The number of carboxylic acids is 1. The highest BCUT2D eigenvalue weighted by Gasteiger charge is 2.23. The average molecular weight is 567 g/mol.